The third-order valence-corrected chi connectivity index (χ3v) is 8.70. The van der Waals surface area contributed by atoms with E-state index in [0.29, 0.717) is 12.8 Å². The van der Waals surface area contributed by atoms with E-state index in [-0.39, 0.29) is 51.2 Å². The summed E-state index contributed by atoms with van der Waals surface area (Å²) in [6.45, 7) is 4.43. The highest BCUT2D eigenvalue weighted by molar-refractivity contribution is 6.00. The first-order valence-corrected chi connectivity index (χ1v) is 19.6. The number of hydrogen-bond donors (Lipinski definition) is 4. The summed E-state index contributed by atoms with van der Waals surface area (Å²) >= 11 is 0. The van der Waals surface area contributed by atoms with E-state index >= 15 is 0 Å². The standard InChI is InChI=1S/C40H66N4O7/c1-3-5-7-9-11-13-15-17-22-26-35(45)43-37(47)29-28-34(39(49)44-36(46)27-23-18-16-14-12-10-8-6-4-2)42-38(48)30-31-41-40(50)51-32-33-24-20-19-21-25-33/h19-21,24-25,34H,3-18,22-23,26-32H2,1-2H3,(H,41,50)(H,42,48)(H,43,45,47)(H,44,46,49). The predicted octanol–water partition coefficient (Wildman–Crippen LogP) is 7.70. The van der Waals surface area contributed by atoms with E-state index in [9.17, 15) is 28.8 Å². The Morgan fingerprint density at radius 3 is 1.55 bits per heavy atom. The van der Waals surface area contributed by atoms with Crippen LogP contribution in [0.5, 0.6) is 0 Å². The molecule has 11 nitrogen and oxygen atoms in total. The second kappa shape index (κ2) is 31.0. The molecule has 0 spiro atoms. The molecule has 0 fully saturated rings. The Bertz CT molecular complexity index is 1130. The van der Waals surface area contributed by atoms with Gasteiger partial charge in [0.05, 0.1) is 0 Å². The highest BCUT2D eigenvalue weighted by Gasteiger charge is 2.24. The molecule has 0 heterocycles. The monoisotopic (exact) mass is 714 g/mol. The molecule has 0 bridgehead atoms. The number of ether oxygens (including phenoxy) is 1. The van der Waals surface area contributed by atoms with Crippen LogP contribution >= 0.6 is 0 Å². The molecule has 0 saturated heterocycles. The van der Waals surface area contributed by atoms with E-state index in [4.69, 9.17) is 4.74 Å². The molecule has 1 rings (SSSR count). The van der Waals surface area contributed by atoms with Gasteiger partial charge in [-0.25, -0.2) is 4.79 Å². The minimum Gasteiger partial charge on any atom is -0.445 e. The highest BCUT2D eigenvalue weighted by atomic mass is 16.5. The van der Waals surface area contributed by atoms with Gasteiger partial charge in [0.25, 0.3) is 0 Å². The summed E-state index contributed by atoms with van der Waals surface area (Å²) in [6.07, 6.45) is 19.2. The van der Waals surface area contributed by atoms with Gasteiger partial charge in [-0.2, -0.15) is 0 Å². The van der Waals surface area contributed by atoms with Crippen molar-refractivity contribution in [1.82, 2.24) is 21.3 Å². The topological polar surface area (TPSA) is 160 Å². The van der Waals surface area contributed by atoms with Crippen molar-refractivity contribution in [1.29, 1.82) is 0 Å². The van der Waals surface area contributed by atoms with Gasteiger partial charge in [-0.1, -0.05) is 147 Å². The lowest BCUT2D eigenvalue weighted by Gasteiger charge is -2.18. The van der Waals surface area contributed by atoms with Crippen molar-refractivity contribution >= 4 is 35.6 Å². The predicted molar refractivity (Wildman–Crippen MR) is 200 cm³/mol. The van der Waals surface area contributed by atoms with Gasteiger partial charge in [0.1, 0.15) is 12.6 Å². The van der Waals surface area contributed by atoms with Crippen molar-refractivity contribution in [3.8, 4) is 0 Å². The number of nitrogens with one attached hydrogen (secondary N) is 4. The number of unbranched alkanes of at least 4 members (excludes halogenated alkanes) is 16. The second-order valence-corrected chi connectivity index (χ2v) is 13.4. The Labute approximate surface area is 306 Å². The van der Waals surface area contributed by atoms with Gasteiger partial charge in [-0.3, -0.25) is 34.6 Å². The van der Waals surface area contributed by atoms with E-state index in [1.165, 1.54) is 64.2 Å². The average Bonchev–Trinajstić information content (AvgIpc) is 3.11. The van der Waals surface area contributed by atoms with Gasteiger partial charge in [0.15, 0.2) is 0 Å². The molecular formula is C40H66N4O7. The Morgan fingerprint density at radius 1 is 0.549 bits per heavy atom. The zero-order valence-corrected chi connectivity index (χ0v) is 31.5. The van der Waals surface area contributed by atoms with Crippen LogP contribution in [-0.4, -0.2) is 48.2 Å². The molecule has 1 atom stereocenters. The van der Waals surface area contributed by atoms with Crippen LogP contribution < -0.4 is 21.3 Å². The molecule has 6 amide bonds. The van der Waals surface area contributed by atoms with Crippen LogP contribution in [0.2, 0.25) is 0 Å². The summed E-state index contributed by atoms with van der Waals surface area (Å²) in [4.78, 5) is 75.2. The van der Waals surface area contributed by atoms with Crippen molar-refractivity contribution in [2.24, 2.45) is 0 Å². The average molecular weight is 715 g/mol. The molecule has 0 aromatic heterocycles. The number of alkyl carbamates (subject to hydrolysis) is 1. The largest absolute Gasteiger partial charge is 0.445 e. The summed E-state index contributed by atoms with van der Waals surface area (Å²) in [5.74, 6) is -2.62. The van der Waals surface area contributed by atoms with E-state index in [2.05, 4.69) is 35.1 Å². The smallest absolute Gasteiger partial charge is 0.407 e. The number of amides is 6. The molecule has 0 radical (unpaired) electrons. The summed E-state index contributed by atoms with van der Waals surface area (Å²) in [5, 5.41) is 9.81. The number of hydrogen-bond acceptors (Lipinski definition) is 7. The first-order chi connectivity index (χ1) is 24.7. The maximum absolute atomic E-state index is 13.1. The number of benzene rings is 1. The molecule has 1 unspecified atom stereocenters. The normalized spacial score (nSPS) is 11.3. The molecule has 51 heavy (non-hydrogen) atoms. The summed E-state index contributed by atoms with van der Waals surface area (Å²) in [7, 11) is 0. The van der Waals surface area contributed by atoms with Crippen LogP contribution in [0.3, 0.4) is 0 Å². The molecule has 4 N–H and O–H groups in total. The minimum absolute atomic E-state index is 0.0425. The van der Waals surface area contributed by atoms with Gasteiger partial charge in [0.2, 0.25) is 29.5 Å². The van der Waals surface area contributed by atoms with Crippen molar-refractivity contribution in [3.63, 3.8) is 0 Å². The Balaban J connectivity index is 2.50. The molecule has 11 heteroatoms. The fraction of sp³-hybridized carbons (Fsp3) is 0.700. The molecule has 0 aliphatic carbocycles. The molecule has 1 aromatic rings. The third kappa shape index (κ3) is 26.7. The van der Waals surface area contributed by atoms with Crippen LogP contribution in [0.1, 0.15) is 167 Å². The number of rotatable bonds is 30. The summed E-state index contributed by atoms with van der Waals surface area (Å²) < 4.78 is 5.15. The Kier molecular flexibility index (Phi) is 27.5. The molecular weight excluding hydrogens is 648 g/mol. The van der Waals surface area contributed by atoms with E-state index in [1.807, 2.05) is 30.3 Å². The van der Waals surface area contributed by atoms with Gasteiger partial charge < -0.3 is 15.4 Å². The third-order valence-electron chi connectivity index (χ3n) is 8.70. The number of carbonyl (C=O) groups excluding carboxylic acids is 6. The van der Waals surface area contributed by atoms with Gasteiger partial charge >= 0.3 is 6.09 Å². The van der Waals surface area contributed by atoms with Crippen molar-refractivity contribution in [2.45, 2.75) is 174 Å². The van der Waals surface area contributed by atoms with E-state index in [1.54, 1.807) is 0 Å². The summed E-state index contributed by atoms with van der Waals surface area (Å²) in [6, 6.07) is 7.99. The van der Waals surface area contributed by atoms with Gasteiger partial charge in [-0.15, -0.1) is 0 Å². The van der Waals surface area contributed by atoms with Gasteiger partial charge in [0, 0.05) is 32.2 Å². The van der Waals surface area contributed by atoms with E-state index in [0.717, 1.165) is 44.1 Å². The molecule has 0 saturated carbocycles. The molecule has 0 aliphatic rings. The van der Waals surface area contributed by atoms with Crippen molar-refractivity contribution in [3.05, 3.63) is 35.9 Å². The fourth-order valence-corrected chi connectivity index (χ4v) is 5.62. The highest BCUT2D eigenvalue weighted by Crippen LogP contribution is 2.12. The van der Waals surface area contributed by atoms with Crippen LogP contribution in [0, 0.1) is 0 Å². The second-order valence-electron chi connectivity index (χ2n) is 13.4. The lowest BCUT2D eigenvalue weighted by molar-refractivity contribution is -0.134. The number of imide groups is 2. The quantitative estimate of drug-likeness (QED) is 0.0595. The fourth-order valence-electron chi connectivity index (χ4n) is 5.62. The Hall–Kier alpha value is -3.76. The van der Waals surface area contributed by atoms with Crippen LogP contribution in [-0.2, 0) is 35.3 Å². The first-order valence-electron chi connectivity index (χ1n) is 19.6. The van der Waals surface area contributed by atoms with Crippen LogP contribution in [0.15, 0.2) is 30.3 Å². The molecule has 0 aliphatic heterocycles. The lowest BCUT2D eigenvalue weighted by Crippen LogP contribution is -2.49. The Morgan fingerprint density at radius 2 is 1.02 bits per heavy atom. The minimum atomic E-state index is -1.17. The zero-order valence-electron chi connectivity index (χ0n) is 31.5. The van der Waals surface area contributed by atoms with Crippen LogP contribution in [0.4, 0.5) is 4.79 Å². The molecule has 288 valence electrons. The van der Waals surface area contributed by atoms with E-state index < -0.39 is 35.8 Å². The zero-order chi connectivity index (χ0) is 37.4. The maximum atomic E-state index is 13.1. The maximum Gasteiger partial charge on any atom is 0.407 e. The van der Waals surface area contributed by atoms with Crippen molar-refractivity contribution in [2.75, 3.05) is 6.54 Å². The number of carbonyl (C=O) groups is 6. The molecule has 1 aromatic carbocycles. The lowest BCUT2D eigenvalue weighted by atomic mass is 10.1. The van der Waals surface area contributed by atoms with Gasteiger partial charge in [-0.05, 0) is 24.8 Å². The van der Waals surface area contributed by atoms with Crippen LogP contribution in [0.25, 0.3) is 0 Å². The van der Waals surface area contributed by atoms with Crippen molar-refractivity contribution < 1.29 is 33.5 Å². The first kappa shape index (κ1) is 45.3. The summed E-state index contributed by atoms with van der Waals surface area (Å²) in [5.41, 5.74) is 0.820. The SMILES string of the molecule is CCCCCCCCCCCC(=O)NC(=O)CCC(NC(=O)CCNC(=O)OCc1ccccc1)C(=O)NC(=O)CCCCCCCCCCC.